The third-order valence-electron chi connectivity index (χ3n) is 2.74. The summed E-state index contributed by atoms with van der Waals surface area (Å²) in [6, 6.07) is 2.62. The van der Waals surface area contributed by atoms with E-state index in [1.807, 2.05) is 19.0 Å². The minimum absolute atomic E-state index is 0.158. The monoisotopic (exact) mass is 296 g/mol. The van der Waals surface area contributed by atoms with E-state index in [9.17, 15) is 9.18 Å². The van der Waals surface area contributed by atoms with E-state index >= 15 is 0 Å². The van der Waals surface area contributed by atoms with Crippen molar-refractivity contribution in [2.24, 2.45) is 0 Å². The summed E-state index contributed by atoms with van der Waals surface area (Å²) in [5.41, 5.74) is -0.0906. The van der Waals surface area contributed by atoms with E-state index in [0.717, 1.165) is 0 Å². The van der Waals surface area contributed by atoms with Gasteiger partial charge in [-0.2, -0.15) is 5.10 Å². The first-order valence-electron chi connectivity index (χ1n) is 6.02. The minimum Gasteiger partial charge on any atom is -0.308 e. The maximum Gasteiger partial charge on any atom is 0.233 e. The van der Waals surface area contributed by atoms with Crippen molar-refractivity contribution in [3.8, 4) is 0 Å². The molecule has 2 heterocycles. The van der Waals surface area contributed by atoms with Crippen molar-refractivity contribution >= 4 is 17.4 Å². The standard InChI is InChI=1S/C13H14ClFN4O/c1-18(2)6-7-19-12(9(14)8-17-19)13(20)11-10(15)4-3-5-16-11/h3-5,8H,6-7H2,1-2H3. The van der Waals surface area contributed by atoms with Gasteiger partial charge in [-0.15, -0.1) is 0 Å². The molecule has 0 amide bonds. The van der Waals surface area contributed by atoms with Crippen LogP contribution in [-0.2, 0) is 6.54 Å². The van der Waals surface area contributed by atoms with Crippen molar-refractivity contribution < 1.29 is 9.18 Å². The van der Waals surface area contributed by atoms with Crippen LogP contribution in [0.25, 0.3) is 0 Å². The Balaban J connectivity index is 2.35. The molecule has 0 saturated carbocycles. The van der Waals surface area contributed by atoms with E-state index in [1.165, 1.54) is 29.2 Å². The van der Waals surface area contributed by atoms with Crippen molar-refractivity contribution in [3.63, 3.8) is 0 Å². The van der Waals surface area contributed by atoms with E-state index in [-0.39, 0.29) is 16.4 Å². The number of halogens is 2. The van der Waals surface area contributed by atoms with Gasteiger partial charge >= 0.3 is 0 Å². The number of carbonyl (C=O) groups excluding carboxylic acids is 1. The molecule has 0 saturated heterocycles. The fourth-order valence-corrected chi connectivity index (χ4v) is 1.94. The molecule has 0 fully saturated rings. The summed E-state index contributed by atoms with van der Waals surface area (Å²) < 4.78 is 15.1. The zero-order valence-electron chi connectivity index (χ0n) is 11.2. The number of ketones is 1. The van der Waals surface area contributed by atoms with Crippen LogP contribution in [0.2, 0.25) is 5.02 Å². The number of nitrogens with zero attached hydrogens (tertiary/aromatic N) is 4. The summed E-state index contributed by atoms with van der Waals surface area (Å²) in [6.07, 6.45) is 2.75. The Bertz CT molecular complexity index is 627. The average molecular weight is 297 g/mol. The van der Waals surface area contributed by atoms with Crippen molar-refractivity contribution in [2.45, 2.75) is 6.54 Å². The first-order chi connectivity index (χ1) is 9.50. The van der Waals surface area contributed by atoms with E-state index in [1.54, 1.807) is 0 Å². The van der Waals surface area contributed by atoms with Crippen molar-refractivity contribution in [1.82, 2.24) is 19.7 Å². The summed E-state index contributed by atoms with van der Waals surface area (Å²) in [6.45, 7) is 1.16. The molecule has 0 bridgehead atoms. The van der Waals surface area contributed by atoms with E-state index in [0.29, 0.717) is 13.1 Å². The highest BCUT2D eigenvalue weighted by Gasteiger charge is 2.22. The summed E-state index contributed by atoms with van der Waals surface area (Å²) >= 11 is 5.99. The Morgan fingerprint density at radius 2 is 2.25 bits per heavy atom. The minimum atomic E-state index is -0.672. The Labute approximate surface area is 121 Å². The molecular formula is C13H14ClFN4O. The lowest BCUT2D eigenvalue weighted by Crippen LogP contribution is -2.22. The molecule has 0 aromatic carbocycles. The van der Waals surface area contributed by atoms with Crippen LogP contribution >= 0.6 is 11.6 Å². The van der Waals surface area contributed by atoms with Gasteiger partial charge in [0, 0.05) is 12.7 Å². The fraction of sp³-hybridized carbons (Fsp3) is 0.308. The molecule has 2 aromatic rings. The molecule has 20 heavy (non-hydrogen) atoms. The summed E-state index contributed by atoms with van der Waals surface area (Å²) in [5.74, 6) is -1.24. The highest BCUT2D eigenvalue weighted by Crippen LogP contribution is 2.19. The molecule has 0 atom stereocenters. The summed E-state index contributed by atoms with van der Waals surface area (Å²) in [7, 11) is 3.82. The molecule has 7 heteroatoms. The van der Waals surface area contributed by atoms with Crippen molar-refractivity contribution in [2.75, 3.05) is 20.6 Å². The SMILES string of the molecule is CN(C)CCn1ncc(Cl)c1C(=O)c1ncccc1F. The molecule has 0 aliphatic heterocycles. The van der Waals surface area contributed by atoms with Crippen LogP contribution in [0.4, 0.5) is 4.39 Å². The molecule has 5 nitrogen and oxygen atoms in total. The van der Waals surface area contributed by atoms with Gasteiger partial charge in [0.25, 0.3) is 0 Å². The van der Waals surface area contributed by atoms with Gasteiger partial charge in [0.2, 0.25) is 5.78 Å². The van der Waals surface area contributed by atoms with Gasteiger partial charge < -0.3 is 4.90 Å². The number of rotatable bonds is 5. The van der Waals surface area contributed by atoms with E-state index in [4.69, 9.17) is 11.6 Å². The van der Waals surface area contributed by atoms with Crippen LogP contribution in [0.15, 0.2) is 24.5 Å². The van der Waals surface area contributed by atoms with Crippen LogP contribution in [-0.4, -0.2) is 46.1 Å². The number of hydrogen-bond donors (Lipinski definition) is 0. The largest absolute Gasteiger partial charge is 0.308 e. The van der Waals surface area contributed by atoms with Gasteiger partial charge in [-0.25, -0.2) is 9.37 Å². The van der Waals surface area contributed by atoms with Crippen LogP contribution < -0.4 is 0 Å². The molecule has 0 N–H and O–H groups in total. The summed E-state index contributed by atoms with van der Waals surface area (Å²) in [5, 5.41) is 4.24. The Morgan fingerprint density at radius 3 is 2.90 bits per heavy atom. The lowest BCUT2D eigenvalue weighted by Gasteiger charge is -2.11. The van der Waals surface area contributed by atoms with Gasteiger partial charge in [-0.1, -0.05) is 11.6 Å². The van der Waals surface area contributed by atoms with Crippen LogP contribution in [0.3, 0.4) is 0 Å². The van der Waals surface area contributed by atoms with Crippen molar-refractivity contribution in [1.29, 1.82) is 0 Å². The highest BCUT2D eigenvalue weighted by molar-refractivity contribution is 6.34. The van der Waals surface area contributed by atoms with Gasteiger partial charge in [0.1, 0.15) is 11.4 Å². The number of carbonyl (C=O) groups is 1. The first kappa shape index (κ1) is 14.6. The second-order valence-corrected chi connectivity index (χ2v) is 4.94. The summed E-state index contributed by atoms with van der Waals surface area (Å²) in [4.78, 5) is 18.1. The fourth-order valence-electron chi connectivity index (χ4n) is 1.72. The first-order valence-corrected chi connectivity index (χ1v) is 6.39. The average Bonchev–Trinajstić information content (AvgIpc) is 2.77. The molecule has 0 radical (unpaired) electrons. The molecule has 0 spiro atoms. The van der Waals surface area contributed by atoms with Gasteiger partial charge in [0.05, 0.1) is 17.8 Å². The lowest BCUT2D eigenvalue weighted by molar-refractivity contribution is 0.101. The predicted octanol–water partition coefficient (Wildman–Crippen LogP) is 1.86. The number of hydrogen-bond acceptors (Lipinski definition) is 4. The topological polar surface area (TPSA) is 51.0 Å². The van der Waals surface area contributed by atoms with E-state index < -0.39 is 11.6 Å². The second kappa shape index (κ2) is 6.11. The predicted molar refractivity (Wildman–Crippen MR) is 73.4 cm³/mol. The maximum atomic E-state index is 13.6. The molecule has 2 aromatic heterocycles. The highest BCUT2D eigenvalue weighted by atomic mass is 35.5. The third kappa shape index (κ3) is 3.02. The van der Waals surface area contributed by atoms with Gasteiger partial charge in [0.15, 0.2) is 5.82 Å². The van der Waals surface area contributed by atoms with Crippen LogP contribution in [0, 0.1) is 5.82 Å². The second-order valence-electron chi connectivity index (χ2n) is 4.53. The van der Waals surface area contributed by atoms with Crippen LogP contribution in [0.1, 0.15) is 16.2 Å². The Kier molecular flexibility index (Phi) is 4.46. The molecule has 0 aliphatic carbocycles. The molecular weight excluding hydrogens is 283 g/mol. The van der Waals surface area contributed by atoms with Gasteiger partial charge in [-0.3, -0.25) is 9.48 Å². The maximum absolute atomic E-state index is 13.6. The molecule has 106 valence electrons. The quantitative estimate of drug-likeness (QED) is 0.790. The van der Waals surface area contributed by atoms with E-state index in [2.05, 4.69) is 10.1 Å². The number of pyridine rings is 1. The third-order valence-corrected chi connectivity index (χ3v) is 3.02. The zero-order valence-corrected chi connectivity index (χ0v) is 11.9. The number of likely N-dealkylation sites (N-methyl/N-ethyl adjacent to an activating group) is 1. The molecule has 0 aliphatic rings. The van der Waals surface area contributed by atoms with Crippen LogP contribution in [0.5, 0.6) is 0 Å². The smallest absolute Gasteiger partial charge is 0.233 e. The Morgan fingerprint density at radius 1 is 1.50 bits per heavy atom. The van der Waals surface area contributed by atoms with Gasteiger partial charge in [-0.05, 0) is 26.2 Å². The zero-order chi connectivity index (χ0) is 14.7. The number of aromatic nitrogens is 3. The lowest BCUT2D eigenvalue weighted by atomic mass is 10.2. The Hall–Kier alpha value is -1.79. The molecule has 0 unspecified atom stereocenters. The normalized spacial score (nSPS) is 11.1. The van der Waals surface area contributed by atoms with Crippen molar-refractivity contribution in [3.05, 3.63) is 46.8 Å². The molecule has 2 rings (SSSR count).